The van der Waals surface area contributed by atoms with Gasteiger partial charge in [0.15, 0.2) is 6.29 Å². The molecule has 0 heterocycles. The zero-order valence-electron chi connectivity index (χ0n) is 9.88. The molecule has 0 aromatic heterocycles. The number of hydrogen-bond acceptors (Lipinski definition) is 4. The molecule has 2 aromatic carbocycles. The van der Waals surface area contributed by atoms with E-state index < -0.39 is 10.7 Å². The number of halogens is 2. The number of rotatable bonds is 4. The smallest absolute Gasteiger partial charge is 0.270 e. The topological polar surface area (TPSA) is 69.4 Å². The van der Waals surface area contributed by atoms with Crippen molar-refractivity contribution in [3.63, 3.8) is 0 Å². The Labute approximate surface area is 121 Å². The van der Waals surface area contributed by atoms with Crippen molar-refractivity contribution < 1.29 is 18.8 Å². The molecule has 2 aromatic rings. The normalized spacial score (nSPS) is 10.1. The molecular weight excluding hydrogens is 333 g/mol. The lowest BCUT2D eigenvalue weighted by Gasteiger charge is -2.08. The van der Waals surface area contributed by atoms with Crippen LogP contribution in [-0.2, 0) is 0 Å². The number of carbonyl (C=O) groups excluding carboxylic acids is 1. The zero-order chi connectivity index (χ0) is 14.7. The molecule has 0 saturated carbocycles. The van der Waals surface area contributed by atoms with Gasteiger partial charge in [0.05, 0.1) is 15.0 Å². The maximum atomic E-state index is 13.1. The Morgan fingerprint density at radius 2 is 2.00 bits per heavy atom. The molecule has 2 rings (SSSR count). The lowest BCUT2D eigenvalue weighted by molar-refractivity contribution is -0.384. The molecule has 0 aliphatic heterocycles. The third kappa shape index (κ3) is 3.00. The lowest BCUT2D eigenvalue weighted by atomic mass is 10.2. The van der Waals surface area contributed by atoms with E-state index >= 15 is 0 Å². The number of aldehydes is 1. The van der Waals surface area contributed by atoms with Gasteiger partial charge in [-0.15, -0.1) is 0 Å². The number of nitro groups is 1. The van der Waals surface area contributed by atoms with Crippen LogP contribution in [0.1, 0.15) is 10.4 Å². The summed E-state index contributed by atoms with van der Waals surface area (Å²) in [5.41, 5.74) is -0.167. The molecule has 0 aliphatic carbocycles. The van der Waals surface area contributed by atoms with Gasteiger partial charge in [-0.3, -0.25) is 14.9 Å². The molecule has 0 aliphatic rings. The van der Waals surface area contributed by atoms with Crippen LogP contribution < -0.4 is 4.74 Å². The van der Waals surface area contributed by atoms with Gasteiger partial charge in [0.25, 0.3) is 5.69 Å². The Morgan fingerprint density at radius 3 is 2.60 bits per heavy atom. The molecular formula is C13H7BrFNO4. The molecule has 0 N–H and O–H groups in total. The van der Waals surface area contributed by atoms with Crippen molar-refractivity contribution in [2.45, 2.75) is 0 Å². The summed E-state index contributed by atoms with van der Waals surface area (Å²) >= 11 is 3.01. The first-order chi connectivity index (χ1) is 9.51. The minimum atomic E-state index is -0.606. The van der Waals surface area contributed by atoms with Crippen molar-refractivity contribution in [3.05, 3.63) is 62.4 Å². The zero-order valence-corrected chi connectivity index (χ0v) is 11.5. The Balaban J connectivity index is 2.35. The van der Waals surface area contributed by atoms with Crippen LogP contribution >= 0.6 is 15.9 Å². The summed E-state index contributed by atoms with van der Waals surface area (Å²) in [5, 5.41) is 10.6. The lowest BCUT2D eigenvalue weighted by Crippen LogP contribution is -1.94. The van der Waals surface area contributed by atoms with Gasteiger partial charge in [-0.1, -0.05) is 0 Å². The monoisotopic (exact) mass is 339 g/mol. The Bertz CT molecular complexity index is 690. The third-order valence-electron chi connectivity index (χ3n) is 2.45. The highest BCUT2D eigenvalue weighted by molar-refractivity contribution is 9.10. The minimum absolute atomic E-state index is 0.0413. The second kappa shape index (κ2) is 5.79. The van der Waals surface area contributed by atoms with Gasteiger partial charge in [0.1, 0.15) is 17.3 Å². The van der Waals surface area contributed by atoms with Gasteiger partial charge in [-0.2, -0.15) is 0 Å². The summed E-state index contributed by atoms with van der Waals surface area (Å²) in [6.45, 7) is 0. The van der Waals surface area contributed by atoms with E-state index in [0.717, 1.165) is 6.07 Å². The summed E-state index contributed by atoms with van der Waals surface area (Å²) in [5.74, 6) is 0.0102. The van der Waals surface area contributed by atoms with E-state index in [1.54, 1.807) is 0 Å². The van der Waals surface area contributed by atoms with Crippen molar-refractivity contribution in [3.8, 4) is 11.5 Å². The van der Waals surface area contributed by atoms with Gasteiger partial charge in [0.2, 0.25) is 0 Å². The fourth-order valence-corrected chi connectivity index (χ4v) is 1.86. The Morgan fingerprint density at radius 1 is 1.25 bits per heavy atom. The molecule has 0 amide bonds. The van der Waals surface area contributed by atoms with Gasteiger partial charge in [0, 0.05) is 12.1 Å². The third-order valence-corrected chi connectivity index (χ3v) is 3.06. The first-order valence-electron chi connectivity index (χ1n) is 5.38. The molecule has 20 heavy (non-hydrogen) atoms. The predicted molar refractivity (Wildman–Crippen MR) is 72.7 cm³/mol. The molecule has 0 fully saturated rings. The van der Waals surface area contributed by atoms with E-state index in [9.17, 15) is 19.3 Å². The highest BCUT2D eigenvalue weighted by atomic mass is 79.9. The van der Waals surface area contributed by atoms with E-state index in [-0.39, 0.29) is 21.5 Å². The van der Waals surface area contributed by atoms with Gasteiger partial charge < -0.3 is 4.74 Å². The predicted octanol–water partition coefficient (Wildman–Crippen LogP) is 4.10. The second-order valence-electron chi connectivity index (χ2n) is 3.78. The number of carbonyl (C=O) groups is 1. The van der Waals surface area contributed by atoms with E-state index in [0.29, 0.717) is 12.0 Å². The highest BCUT2D eigenvalue weighted by Crippen LogP contribution is 2.30. The summed E-state index contributed by atoms with van der Waals surface area (Å²) in [4.78, 5) is 21.0. The average Bonchev–Trinajstić information content (AvgIpc) is 2.43. The van der Waals surface area contributed by atoms with E-state index in [2.05, 4.69) is 15.9 Å². The molecule has 0 unspecified atom stereocenters. The average molecular weight is 340 g/mol. The molecule has 0 saturated heterocycles. The largest absolute Gasteiger partial charge is 0.457 e. The van der Waals surface area contributed by atoms with Crippen molar-refractivity contribution >= 4 is 27.9 Å². The number of hydrogen-bond donors (Lipinski definition) is 0. The van der Waals surface area contributed by atoms with Gasteiger partial charge in [-0.05, 0) is 40.2 Å². The van der Waals surface area contributed by atoms with Crippen LogP contribution in [0.3, 0.4) is 0 Å². The van der Waals surface area contributed by atoms with Crippen molar-refractivity contribution in [2.24, 2.45) is 0 Å². The molecule has 0 spiro atoms. The van der Waals surface area contributed by atoms with Crippen molar-refractivity contribution in [1.82, 2.24) is 0 Å². The molecule has 7 heteroatoms. The summed E-state index contributed by atoms with van der Waals surface area (Å²) in [7, 11) is 0. The quantitative estimate of drug-likeness (QED) is 0.477. The van der Waals surface area contributed by atoms with Crippen LogP contribution in [0.2, 0.25) is 0 Å². The first kappa shape index (κ1) is 14.1. The second-order valence-corrected chi connectivity index (χ2v) is 4.63. The maximum Gasteiger partial charge on any atom is 0.270 e. The van der Waals surface area contributed by atoms with E-state index in [1.165, 1.54) is 30.3 Å². The van der Waals surface area contributed by atoms with Crippen molar-refractivity contribution in [1.29, 1.82) is 0 Å². The number of non-ortho nitro benzene ring substituents is 1. The van der Waals surface area contributed by atoms with Crippen LogP contribution in [0, 0.1) is 15.9 Å². The number of nitrogens with zero attached hydrogens (tertiary/aromatic N) is 1. The van der Waals surface area contributed by atoms with Crippen LogP contribution in [0.5, 0.6) is 11.5 Å². The van der Waals surface area contributed by atoms with Crippen molar-refractivity contribution in [2.75, 3.05) is 0 Å². The molecule has 102 valence electrons. The molecule has 0 bridgehead atoms. The van der Waals surface area contributed by atoms with E-state index in [1.807, 2.05) is 0 Å². The maximum absolute atomic E-state index is 13.1. The highest BCUT2D eigenvalue weighted by Gasteiger charge is 2.12. The fourth-order valence-electron chi connectivity index (χ4n) is 1.50. The van der Waals surface area contributed by atoms with E-state index in [4.69, 9.17) is 4.74 Å². The SMILES string of the molecule is O=Cc1cc([N+](=O)[O-])ccc1Oc1ccc(F)c(Br)c1. The van der Waals surface area contributed by atoms with Gasteiger partial charge in [-0.25, -0.2) is 4.39 Å². The number of benzene rings is 2. The van der Waals surface area contributed by atoms with Crippen LogP contribution in [-0.4, -0.2) is 11.2 Å². The molecule has 0 atom stereocenters. The standard InChI is InChI=1S/C13H7BrFNO4/c14-11-6-10(2-3-12(11)15)20-13-4-1-9(16(18)19)5-8(13)7-17/h1-7H. The van der Waals surface area contributed by atoms with Crippen LogP contribution in [0.4, 0.5) is 10.1 Å². The molecule has 0 radical (unpaired) electrons. The summed E-state index contributed by atoms with van der Waals surface area (Å²) in [6, 6.07) is 7.63. The summed E-state index contributed by atoms with van der Waals surface area (Å²) < 4.78 is 18.7. The summed E-state index contributed by atoms with van der Waals surface area (Å²) in [6.07, 6.45) is 0.459. The van der Waals surface area contributed by atoms with Gasteiger partial charge >= 0.3 is 0 Å². The van der Waals surface area contributed by atoms with Crippen LogP contribution in [0.15, 0.2) is 40.9 Å². The number of nitro benzene ring substituents is 1. The minimum Gasteiger partial charge on any atom is -0.457 e. The van der Waals surface area contributed by atoms with Crippen LogP contribution in [0.25, 0.3) is 0 Å². The Kier molecular flexibility index (Phi) is 4.09. The molecule has 5 nitrogen and oxygen atoms in total. The number of ether oxygens (including phenoxy) is 1. The first-order valence-corrected chi connectivity index (χ1v) is 6.17. The fraction of sp³-hybridized carbons (Fsp3) is 0. The Hall–Kier alpha value is -2.28.